The van der Waals surface area contributed by atoms with Crippen LogP contribution in [0.3, 0.4) is 0 Å². The second kappa shape index (κ2) is 8.49. The van der Waals surface area contributed by atoms with E-state index in [-0.39, 0.29) is 0 Å². The van der Waals surface area contributed by atoms with Gasteiger partial charge >= 0.3 is 0 Å². The molecular weight excluding hydrogens is 196 g/mol. The SMILES string of the molecule is O=CCCCCC#C/C=C/c1ccccc1. The molecule has 1 rings (SSSR count). The molecule has 0 bridgehead atoms. The van der Waals surface area contributed by atoms with Crippen LogP contribution in [0, 0.1) is 11.8 Å². The van der Waals surface area contributed by atoms with Crippen LogP contribution in [0.15, 0.2) is 36.4 Å². The molecular formula is C15H16O. The zero-order valence-corrected chi connectivity index (χ0v) is 9.36. The topological polar surface area (TPSA) is 17.1 Å². The second-order valence-electron chi connectivity index (χ2n) is 3.48. The second-order valence-corrected chi connectivity index (χ2v) is 3.48. The lowest BCUT2D eigenvalue weighted by atomic mass is 10.2. The van der Waals surface area contributed by atoms with Crippen molar-refractivity contribution >= 4 is 12.4 Å². The Balaban J connectivity index is 2.21. The monoisotopic (exact) mass is 212 g/mol. The first-order valence-electron chi connectivity index (χ1n) is 5.57. The van der Waals surface area contributed by atoms with Gasteiger partial charge in [0.25, 0.3) is 0 Å². The zero-order chi connectivity index (χ0) is 11.5. The van der Waals surface area contributed by atoms with Crippen molar-refractivity contribution in [3.63, 3.8) is 0 Å². The molecule has 0 atom stereocenters. The number of benzene rings is 1. The molecule has 0 aliphatic carbocycles. The van der Waals surface area contributed by atoms with Gasteiger partial charge in [-0.3, -0.25) is 0 Å². The number of allylic oxidation sites excluding steroid dienone is 1. The molecule has 16 heavy (non-hydrogen) atoms. The Morgan fingerprint density at radius 3 is 2.69 bits per heavy atom. The van der Waals surface area contributed by atoms with Gasteiger partial charge in [-0.1, -0.05) is 42.2 Å². The summed E-state index contributed by atoms with van der Waals surface area (Å²) in [6.07, 6.45) is 8.30. The molecule has 0 radical (unpaired) electrons. The highest BCUT2D eigenvalue weighted by Crippen LogP contribution is 2.00. The summed E-state index contributed by atoms with van der Waals surface area (Å²) in [5, 5.41) is 0. The molecule has 0 spiro atoms. The van der Waals surface area contributed by atoms with Crippen molar-refractivity contribution in [1.82, 2.24) is 0 Å². The maximum atomic E-state index is 10.0. The van der Waals surface area contributed by atoms with Crippen molar-refractivity contribution in [2.75, 3.05) is 0 Å². The van der Waals surface area contributed by atoms with E-state index < -0.39 is 0 Å². The Bertz CT molecular complexity index is 379. The van der Waals surface area contributed by atoms with Gasteiger partial charge in [-0.25, -0.2) is 0 Å². The van der Waals surface area contributed by atoms with Crippen LogP contribution >= 0.6 is 0 Å². The van der Waals surface area contributed by atoms with E-state index in [9.17, 15) is 4.79 Å². The Hall–Kier alpha value is -1.81. The minimum atomic E-state index is 0.654. The van der Waals surface area contributed by atoms with Gasteiger partial charge in [0, 0.05) is 12.8 Å². The van der Waals surface area contributed by atoms with E-state index in [0.717, 1.165) is 31.1 Å². The molecule has 1 aromatic carbocycles. The number of carbonyl (C=O) groups is 1. The molecule has 0 aromatic heterocycles. The molecule has 1 nitrogen and oxygen atoms in total. The highest BCUT2D eigenvalue weighted by atomic mass is 16.1. The quantitative estimate of drug-likeness (QED) is 0.415. The van der Waals surface area contributed by atoms with Crippen LogP contribution in [0.1, 0.15) is 31.2 Å². The number of hydrogen-bond acceptors (Lipinski definition) is 1. The summed E-state index contributed by atoms with van der Waals surface area (Å²) in [7, 11) is 0. The van der Waals surface area contributed by atoms with E-state index >= 15 is 0 Å². The van der Waals surface area contributed by atoms with Gasteiger partial charge in [0.05, 0.1) is 0 Å². The molecule has 0 aliphatic heterocycles. The van der Waals surface area contributed by atoms with Crippen LogP contribution in [0.25, 0.3) is 6.08 Å². The number of rotatable bonds is 5. The van der Waals surface area contributed by atoms with E-state index in [1.165, 1.54) is 0 Å². The molecule has 0 saturated heterocycles. The maximum absolute atomic E-state index is 10.0. The molecule has 82 valence electrons. The van der Waals surface area contributed by atoms with Crippen molar-refractivity contribution in [2.45, 2.75) is 25.7 Å². The summed E-state index contributed by atoms with van der Waals surface area (Å²) < 4.78 is 0. The highest BCUT2D eigenvalue weighted by molar-refractivity contribution is 5.52. The lowest BCUT2D eigenvalue weighted by molar-refractivity contribution is -0.107. The summed E-state index contributed by atoms with van der Waals surface area (Å²) in [4.78, 5) is 10.0. The van der Waals surface area contributed by atoms with Crippen molar-refractivity contribution < 1.29 is 4.79 Å². The predicted octanol–water partition coefficient (Wildman–Crippen LogP) is 3.46. The first-order valence-corrected chi connectivity index (χ1v) is 5.57. The summed E-state index contributed by atoms with van der Waals surface area (Å²) >= 11 is 0. The molecule has 1 heteroatoms. The Morgan fingerprint density at radius 2 is 1.94 bits per heavy atom. The average molecular weight is 212 g/mol. The van der Waals surface area contributed by atoms with Gasteiger partial charge in [0.15, 0.2) is 0 Å². The van der Waals surface area contributed by atoms with Gasteiger partial charge in [0.2, 0.25) is 0 Å². The Kier molecular flexibility index (Phi) is 6.51. The minimum Gasteiger partial charge on any atom is -0.303 e. The number of hydrogen-bond donors (Lipinski definition) is 0. The fourth-order valence-corrected chi connectivity index (χ4v) is 1.27. The van der Waals surface area contributed by atoms with Crippen LogP contribution in [-0.4, -0.2) is 6.29 Å². The summed E-state index contributed by atoms with van der Waals surface area (Å²) in [5.74, 6) is 6.05. The van der Waals surface area contributed by atoms with Crippen molar-refractivity contribution in [3.8, 4) is 11.8 Å². The van der Waals surface area contributed by atoms with E-state index in [1.807, 2.05) is 42.5 Å². The van der Waals surface area contributed by atoms with E-state index in [4.69, 9.17) is 0 Å². The predicted molar refractivity (Wildman–Crippen MR) is 67.8 cm³/mol. The lowest BCUT2D eigenvalue weighted by Crippen LogP contribution is -1.75. The fraction of sp³-hybridized carbons (Fsp3) is 0.267. The van der Waals surface area contributed by atoms with Gasteiger partial charge in [0.1, 0.15) is 6.29 Å². The van der Waals surface area contributed by atoms with Crippen molar-refractivity contribution in [1.29, 1.82) is 0 Å². The summed E-state index contributed by atoms with van der Waals surface area (Å²) in [6, 6.07) is 10.1. The molecule has 0 amide bonds. The number of carbonyl (C=O) groups excluding carboxylic acids is 1. The summed E-state index contributed by atoms with van der Waals surface area (Å²) in [6.45, 7) is 0. The molecule has 0 aliphatic rings. The fourth-order valence-electron chi connectivity index (χ4n) is 1.27. The van der Waals surface area contributed by atoms with Crippen LogP contribution < -0.4 is 0 Å². The zero-order valence-electron chi connectivity index (χ0n) is 9.36. The van der Waals surface area contributed by atoms with E-state index in [2.05, 4.69) is 11.8 Å². The van der Waals surface area contributed by atoms with Crippen molar-refractivity contribution in [3.05, 3.63) is 42.0 Å². The molecule has 0 unspecified atom stereocenters. The largest absolute Gasteiger partial charge is 0.303 e. The third-order valence-electron chi connectivity index (χ3n) is 2.13. The minimum absolute atomic E-state index is 0.654. The molecule has 1 aromatic rings. The van der Waals surface area contributed by atoms with E-state index in [0.29, 0.717) is 6.42 Å². The molecule has 0 heterocycles. The third-order valence-corrected chi connectivity index (χ3v) is 2.13. The highest BCUT2D eigenvalue weighted by Gasteiger charge is 1.83. The van der Waals surface area contributed by atoms with Gasteiger partial charge < -0.3 is 4.79 Å². The first-order chi connectivity index (χ1) is 7.93. The van der Waals surface area contributed by atoms with Gasteiger partial charge in [-0.15, -0.1) is 0 Å². The maximum Gasteiger partial charge on any atom is 0.119 e. The number of unbranched alkanes of at least 4 members (excludes halogenated alkanes) is 3. The Labute approximate surface area is 97.2 Å². The van der Waals surface area contributed by atoms with Gasteiger partial charge in [-0.2, -0.15) is 0 Å². The molecule has 0 fully saturated rings. The normalized spacial score (nSPS) is 9.75. The van der Waals surface area contributed by atoms with Crippen molar-refractivity contribution in [2.24, 2.45) is 0 Å². The smallest absolute Gasteiger partial charge is 0.119 e. The first kappa shape index (κ1) is 12.3. The van der Waals surface area contributed by atoms with Crippen LogP contribution in [0.4, 0.5) is 0 Å². The lowest BCUT2D eigenvalue weighted by Gasteiger charge is -1.88. The van der Waals surface area contributed by atoms with Gasteiger partial charge in [-0.05, 0) is 30.6 Å². The third kappa shape index (κ3) is 5.82. The Morgan fingerprint density at radius 1 is 1.12 bits per heavy atom. The number of aldehydes is 1. The van der Waals surface area contributed by atoms with Crippen LogP contribution in [0.5, 0.6) is 0 Å². The van der Waals surface area contributed by atoms with E-state index in [1.54, 1.807) is 0 Å². The van der Waals surface area contributed by atoms with Crippen LogP contribution in [-0.2, 0) is 4.79 Å². The standard InChI is InChI=1S/C15H16O/c16-14-10-5-3-1-2-4-7-11-15-12-8-6-9-13-15/h6-9,11-14H,1,3,5,10H2/b11-7+. The summed E-state index contributed by atoms with van der Waals surface area (Å²) in [5.41, 5.74) is 1.16. The molecule has 0 saturated carbocycles. The molecule has 0 N–H and O–H groups in total. The average Bonchev–Trinajstić information content (AvgIpc) is 2.34. The van der Waals surface area contributed by atoms with Crippen LogP contribution in [0.2, 0.25) is 0 Å².